The van der Waals surface area contributed by atoms with Crippen LogP contribution in [0.25, 0.3) is 0 Å². The molecule has 0 amide bonds. The van der Waals surface area contributed by atoms with Crippen molar-refractivity contribution in [3.63, 3.8) is 0 Å². The number of hydrogen-bond donors (Lipinski definition) is 1. The number of rotatable bonds is 4. The molecule has 1 unspecified atom stereocenters. The molecule has 0 heterocycles. The molecule has 12 heavy (non-hydrogen) atoms. The Balaban J connectivity index is 0. The van der Waals surface area contributed by atoms with E-state index in [2.05, 4.69) is 11.9 Å². The maximum atomic E-state index is 9.96. The predicted molar refractivity (Wildman–Crippen MR) is 49.2 cm³/mol. The van der Waals surface area contributed by atoms with Gasteiger partial charge in [0, 0.05) is 49.6 Å². The fourth-order valence-corrected chi connectivity index (χ4v) is 1.24. The average molecular weight is 326 g/mol. The molecule has 0 aromatic rings. The maximum absolute atomic E-state index is 9.96. The molecule has 1 radical (unpaired) electrons. The van der Waals surface area contributed by atoms with Crippen molar-refractivity contribution in [3.8, 4) is 0 Å². The van der Waals surface area contributed by atoms with Crippen LogP contribution < -0.4 is 0 Å². The molecule has 0 rings (SSSR count). The van der Waals surface area contributed by atoms with Crippen molar-refractivity contribution in [1.29, 1.82) is 0 Å². The normalized spacial score (nSPS) is 16.6. The monoisotopic (exact) mass is 326 g/mol. The van der Waals surface area contributed by atoms with Crippen LogP contribution in [0, 0.1) is 36.9 Å². The van der Waals surface area contributed by atoms with Gasteiger partial charge in [-0.2, -0.15) is 0 Å². The molecule has 0 bridgehead atoms. The van der Waals surface area contributed by atoms with Crippen LogP contribution in [0.3, 0.4) is 0 Å². The van der Waals surface area contributed by atoms with Crippen LogP contribution >= 0.6 is 0 Å². The second-order valence-corrected chi connectivity index (χ2v) is 2.94. The molecule has 0 saturated heterocycles. The molecule has 0 spiro atoms. The van der Waals surface area contributed by atoms with Gasteiger partial charge in [0.15, 0.2) is 0 Å². The first-order valence-electron chi connectivity index (χ1n) is 4.27. The van der Waals surface area contributed by atoms with Crippen molar-refractivity contribution in [2.75, 3.05) is 7.05 Å². The van der Waals surface area contributed by atoms with Crippen molar-refractivity contribution in [3.05, 3.63) is 0 Å². The summed E-state index contributed by atoms with van der Waals surface area (Å²) >= 11 is 0. The van der Waals surface area contributed by atoms with E-state index in [0.29, 0.717) is 0 Å². The summed E-state index contributed by atoms with van der Waals surface area (Å²) in [7, 11) is 1.73. The van der Waals surface area contributed by atoms with Crippen LogP contribution in [0.4, 0.5) is 0 Å². The molecule has 2 nitrogen and oxygen atoms in total. The Morgan fingerprint density at radius 3 is 2.17 bits per heavy atom. The third-order valence-corrected chi connectivity index (χ3v) is 2.26. The minimum atomic E-state index is -0.649. The van der Waals surface area contributed by atoms with Crippen molar-refractivity contribution in [1.82, 2.24) is 0 Å². The summed E-state index contributed by atoms with van der Waals surface area (Å²) in [6.07, 6.45) is 2.56. The second kappa shape index (κ2) is 7.28. The van der Waals surface area contributed by atoms with Crippen molar-refractivity contribution in [2.45, 2.75) is 45.6 Å². The largest absolute Gasteiger partial charge is 0.384 e. The van der Waals surface area contributed by atoms with Gasteiger partial charge in [-0.1, -0.05) is 20.3 Å². The van der Waals surface area contributed by atoms with Crippen LogP contribution in [-0.2, 0) is 0 Å². The molecule has 1 atom stereocenters. The van der Waals surface area contributed by atoms with Crippen molar-refractivity contribution < 1.29 is 42.0 Å². The van der Waals surface area contributed by atoms with Crippen LogP contribution in [0.15, 0.2) is 4.99 Å². The van der Waals surface area contributed by atoms with Gasteiger partial charge in [-0.15, -0.1) is 0 Å². The van der Waals surface area contributed by atoms with E-state index in [0.717, 1.165) is 25.0 Å². The van der Waals surface area contributed by atoms with E-state index in [-0.39, 0.29) is 36.9 Å². The Morgan fingerprint density at radius 1 is 1.42 bits per heavy atom. The van der Waals surface area contributed by atoms with E-state index < -0.39 is 5.60 Å². The third kappa shape index (κ3) is 4.20. The van der Waals surface area contributed by atoms with Crippen LogP contribution in [0.1, 0.15) is 40.0 Å². The van der Waals surface area contributed by atoms with E-state index in [1.807, 2.05) is 13.8 Å². The zero-order valence-corrected chi connectivity index (χ0v) is 10.1. The molecule has 79 valence electrons. The fraction of sp³-hybridized carbons (Fsp3) is 0.889. The Morgan fingerprint density at radius 2 is 1.92 bits per heavy atom. The van der Waals surface area contributed by atoms with E-state index in [9.17, 15) is 5.11 Å². The standard InChI is InChI=1S/C9H19NO.Tm/c1-5-7-9(11,6-2)8(3)10-4;/h11H,5-7H2,1-4H3;. The molecule has 3 heteroatoms. The molecule has 0 aliphatic heterocycles. The summed E-state index contributed by atoms with van der Waals surface area (Å²) in [5, 5.41) is 9.96. The van der Waals surface area contributed by atoms with Gasteiger partial charge in [-0.3, -0.25) is 4.99 Å². The molecular formula is C9H19NOTm. The minimum absolute atomic E-state index is 0. The molecule has 1 N–H and O–H groups in total. The van der Waals surface area contributed by atoms with E-state index in [1.165, 1.54) is 0 Å². The first-order chi connectivity index (χ1) is 5.10. The zero-order valence-electron chi connectivity index (χ0n) is 8.29. The average Bonchev–Trinajstić information content (AvgIpc) is 2.03. The quantitative estimate of drug-likeness (QED) is 0.788. The fourth-order valence-electron chi connectivity index (χ4n) is 1.24. The van der Waals surface area contributed by atoms with E-state index in [1.54, 1.807) is 7.05 Å². The molecule has 0 aliphatic carbocycles. The topological polar surface area (TPSA) is 32.6 Å². The zero-order chi connectivity index (χ0) is 8.91. The van der Waals surface area contributed by atoms with Gasteiger partial charge < -0.3 is 5.11 Å². The summed E-state index contributed by atoms with van der Waals surface area (Å²) in [5.74, 6) is 0. The van der Waals surface area contributed by atoms with Crippen molar-refractivity contribution >= 4 is 5.71 Å². The molecule has 0 saturated carbocycles. The number of hydrogen-bond acceptors (Lipinski definition) is 2. The Bertz CT molecular complexity index is 147. The van der Waals surface area contributed by atoms with E-state index in [4.69, 9.17) is 0 Å². The molecule has 0 fully saturated rings. The number of aliphatic imine (C=N–C) groups is 1. The second-order valence-electron chi connectivity index (χ2n) is 2.94. The first-order valence-corrected chi connectivity index (χ1v) is 4.27. The van der Waals surface area contributed by atoms with Gasteiger partial charge in [0.1, 0.15) is 5.60 Å². The summed E-state index contributed by atoms with van der Waals surface area (Å²) in [4.78, 5) is 4.02. The summed E-state index contributed by atoms with van der Waals surface area (Å²) in [6, 6.07) is 0. The molecule has 0 aromatic carbocycles. The third-order valence-electron chi connectivity index (χ3n) is 2.26. The predicted octanol–water partition coefficient (Wildman–Crippen LogP) is 2.02. The van der Waals surface area contributed by atoms with Gasteiger partial charge in [-0.25, -0.2) is 0 Å². The van der Waals surface area contributed by atoms with Gasteiger partial charge in [-0.05, 0) is 19.8 Å². The molecule has 0 aliphatic rings. The van der Waals surface area contributed by atoms with Crippen LogP contribution in [-0.4, -0.2) is 23.5 Å². The van der Waals surface area contributed by atoms with E-state index >= 15 is 0 Å². The number of nitrogens with zero attached hydrogens (tertiary/aromatic N) is 1. The Kier molecular flexibility index (Phi) is 9.31. The Hall–Kier alpha value is 0.864. The van der Waals surface area contributed by atoms with Gasteiger partial charge in [0.05, 0.1) is 0 Å². The smallest absolute Gasteiger partial charge is 0.102 e. The first kappa shape index (κ1) is 15.3. The maximum Gasteiger partial charge on any atom is 0.102 e. The molecular weight excluding hydrogens is 307 g/mol. The van der Waals surface area contributed by atoms with Crippen LogP contribution in [0.2, 0.25) is 0 Å². The van der Waals surface area contributed by atoms with Crippen LogP contribution in [0.5, 0.6) is 0 Å². The summed E-state index contributed by atoms with van der Waals surface area (Å²) < 4.78 is 0. The number of aliphatic hydroxyl groups is 1. The minimum Gasteiger partial charge on any atom is -0.384 e. The SMILES string of the molecule is CCCC(O)(CC)C(C)=NC.[Tm]. The van der Waals surface area contributed by atoms with Gasteiger partial charge in [0.2, 0.25) is 0 Å². The summed E-state index contributed by atoms with van der Waals surface area (Å²) in [5.41, 5.74) is 0.200. The van der Waals surface area contributed by atoms with Gasteiger partial charge in [0.25, 0.3) is 0 Å². The summed E-state index contributed by atoms with van der Waals surface area (Å²) in [6.45, 7) is 5.95. The van der Waals surface area contributed by atoms with Crippen molar-refractivity contribution in [2.24, 2.45) is 4.99 Å². The Labute approximate surface area is 105 Å². The molecule has 0 aromatic heterocycles. The van der Waals surface area contributed by atoms with Gasteiger partial charge >= 0.3 is 0 Å².